The highest BCUT2D eigenvalue weighted by Gasteiger charge is 2.15. The Morgan fingerprint density at radius 2 is 1.80 bits per heavy atom. The summed E-state index contributed by atoms with van der Waals surface area (Å²) in [5, 5.41) is 3.19. The summed E-state index contributed by atoms with van der Waals surface area (Å²) in [4.78, 5) is 12.3. The van der Waals surface area contributed by atoms with Crippen LogP contribution in [0.15, 0.2) is 18.2 Å². The van der Waals surface area contributed by atoms with E-state index in [-0.39, 0.29) is 5.91 Å². The summed E-state index contributed by atoms with van der Waals surface area (Å²) in [5.74, 6) is 0.869. The number of carbonyl (C=O) groups excluding carboxylic acids is 1. The van der Waals surface area contributed by atoms with E-state index in [1.54, 1.807) is 7.11 Å². The molecular formula is C17H25NO2. The van der Waals surface area contributed by atoms with Crippen LogP contribution in [-0.4, -0.2) is 19.1 Å². The molecule has 0 heterocycles. The summed E-state index contributed by atoms with van der Waals surface area (Å²) in [5.41, 5.74) is 1.73. The van der Waals surface area contributed by atoms with Gasteiger partial charge in [-0.25, -0.2) is 0 Å². The third-order valence-electron chi connectivity index (χ3n) is 4.10. The Labute approximate surface area is 121 Å². The summed E-state index contributed by atoms with van der Waals surface area (Å²) in [6.07, 6.45) is 8.63. The highest BCUT2D eigenvalue weighted by atomic mass is 16.5. The Balaban J connectivity index is 1.98. The molecule has 3 heteroatoms. The van der Waals surface area contributed by atoms with Crippen LogP contribution in [0, 0.1) is 6.92 Å². The molecular weight excluding hydrogens is 250 g/mol. The van der Waals surface area contributed by atoms with Crippen molar-refractivity contribution in [2.75, 3.05) is 7.11 Å². The van der Waals surface area contributed by atoms with Crippen LogP contribution in [0.5, 0.6) is 5.75 Å². The zero-order chi connectivity index (χ0) is 14.4. The van der Waals surface area contributed by atoms with E-state index in [1.165, 1.54) is 32.1 Å². The van der Waals surface area contributed by atoms with E-state index in [2.05, 4.69) is 5.32 Å². The van der Waals surface area contributed by atoms with Crippen molar-refractivity contribution in [2.45, 2.75) is 57.9 Å². The molecule has 0 bridgehead atoms. The predicted octanol–water partition coefficient (Wildman–Crippen LogP) is 3.85. The predicted molar refractivity (Wildman–Crippen MR) is 81.3 cm³/mol. The van der Waals surface area contributed by atoms with Crippen LogP contribution in [-0.2, 0) is 0 Å². The van der Waals surface area contributed by atoms with Crippen molar-refractivity contribution in [3.63, 3.8) is 0 Å². The second-order valence-corrected chi connectivity index (χ2v) is 5.70. The van der Waals surface area contributed by atoms with E-state index < -0.39 is 0 Å². The van der Waals surface area contributed by atoms with E-state index in [0.717, 1.165) is 29.7 Å². The number of methoxy groups -OCH3 is 1. The molecule has 1 amide bonds. The Morgan fingerprint density at radius 3 is 2.40 bits per heavy atom. The molecule has 0 spiro atoms. The minimum Gasteiger partial charge on any atom is -0.496 e. The van der Waals surface area contributed by atoms with Gasteiger partial charge in [0.15, 0.2) is 0 Å². The first-order valence-electron chi connectivity index (χ1n) is 7.66. The standard InChI is InChI=1S/C17H25NO2/c1-13-12-14(10-11-16(13)20-2)17(19)18-15-8-6-4-3-5-7-9-15/h10-12,15H,3-9H2,1-2H3,(H,18,19). The fourth-order valence-electron chi connectivity index (χ4n) is 2.89. The maximum Gasteiger partial charge on any atom is 0.251 e. The van der Waals surface area contributed by atoms with Crippen LogP contribution in [0.1, 0.15) is 60.9 Å². The highest BCUT2D eigenvalue weighted by molar-refractivity contribution is 5.94. The molecule has 110 valence electrons. The first kappa shape index (κ1) is 14.9. The lowest BCUT2D eigenvalue weighted by molar-refractivity contribution is 0.0930. The topological polar surface area (TPSA) is 38.3 Å². The number of hydrogen-bond donors (Lipinski definition) is 1. The Hall–Kier alpha value is -1.51. The number of benzene rings is 1. The molecule has 0 aliphatic heterocycles. The molecule has 1 fully saturated rings. The number of rotatable bonds is 3. The third kappa shape index (κ3) is 3.99. The van der Waals surface area contributed by atoms with Gasteiger partial charge in [-0.2, -0.15) is 0 Å². The second kappa shape index (κ2) is 7.32. The molecule has 20 heavy (non-hydrogen) atoms. The molecule has 2 rings (SSSR count). The summed E-state index contributed by atoms with van der Waals surface area (Å²) < 4.78 is 5.23. The summed E-state index contributed by atoms with van der Waals surface area (Å²) in [6.45, 7) is 1.96. The van der Waals surface area contributed by atoms with E-state index >= 15 is 0 Å². The van der Waals surface area contributed by atoms with Gasteiger partial charge in [0.1, 0.15) is 5.75 Å². The van der Waals surface area contributed by atoms with Crippen LogP contribution < -0.4 is 10.1 Å². The van der Waals surface area contributed by atoms with Crippen molar-refractivity contribution < 1.29 is 9.53 Å². The largest absolute Gasteiger partial charge is 0.496 e. The Bertz CT molecular complexity index is 448. The van der Waals surface area contributed by atoms with Crippen molar-refractivity contribution in [1.29, 1.82) is 0 Å². The number of hydrogen-bond acceptors (Lipinski definition) is 2. The quantitative estimate of drug-likeness (QED) is 0.910. The number of aryl methyl sites for hydroxylation is 1. The Morgan fingerprint density at radius 1 is 1.15 bits per heavy atom. The van der Waals surface area contributed by atoms with Crippen molar-refractivity contribution in [3.05, 3.63) is 29.3 Å². The van der Waals surface area contributed by atoms with Gasteiger partial charge in [0.2, 0.25) is 0 Å². The SMILES string of the molecule is COc1ccc(C(=O)NC2CCCCCCC2)cc1C. The third-order valence-corrected chi connectivity index (χ3v) is 4.10. The number of nitrogens with one attached hydrogen (secondary N) is 1. The minimum atomic E-state index is 0.0429. The maximum atomic E-state index is 12.3. The lowest BCUT2D eigenvalue weighted by atomic mass is 9.96. The van der Waals surface area contributed by atoms with Crippen molar-refractivity contribution in [1.82, 2.24) is 5.32 Å². The molecule has 1 N–H and O–H groups in total. The first-order chi connectivity index (χ1) is 9.70. The van der Waals surface area contributed by atoms with E-state index in [9.17, 15) is 4.79 Å². The van der Waals surface area contributed by atoms with Crippen LogP contribution in [0.2, 0.25) is 0 Å². The smallest absolute Gasteiger partial charge is 0.251 e. The molecule has 1 aliphatic rings. The summed E-state index contributed by atoms with van der Waals surface area (Å²) in [6, 6.07) is 5.94. The van der Waals surface area contributed by atoms with E-state index in [0.29, 0.717) is 6.04 Å². The van der Waals surface area contributed by atoms with Gasteiger partial charge in [-0.05, 0) is 43.5 Å². The van der Waals surface area contributed by atoms with Gasteiger partial charge in [-0.15, -0.1) is 0 Å². The van der Waals surface area contributed by atoms with Crippen molar-refractivity contribution in [3.8, 4) is 5.75 Å². The van der Waals surface area contributed by atoms with Gasteiger partial charge in [-0.1, -0.05) is 32.1 Å². The molecule has 1 aromatic carbocycles. The second-order valence-electron chi connectivity index (χ2n) is 5.70. The Kier molecular flexibility index (Phi) is 5.45. The number of carbonyl (C=O) groups is 1. The van der Waals surface area contributed by atoms with Crippen molar-refractivity contribution in [2.24, 2.45) is 0 Å². The van der Waals surface area contributed by atoms with Gasteiger partial charge in [0.25, 0.3) is 5.91 Å². The monoisotopic (exact) mass is 275 g/mol. The van der Waals surface area contributed by atoms with Gasteiger partial charge in [-0.3, -0.25) is 4.79 Å². The van der Waals surface area contributed by atoms with Crippen LogP contribution >= 0.6 is 0 Å². The fraction of sp³-hybridized carbons (Fsp3) is 0.588. The molecule has 0 saturated heterocycles. The minimum absolute atomic E-state index is 0.0429. The van der Waals surface area contributed by atoms with E-state index in [4.69, 9.17) is 4.74 Å². The summed E-state index contributed by atoms with van der Waals surface area (Å²) >= 11 is 0. The molecule has 1 aromatic rings. The van der Waals surface area contributed by atoms with Crippen LogP contribution in [0.25, 0.3) is 0 Å². The zero-order valence-corrected chi connectivity index (χ0v) is 12.6. The van der Waals surface area contributed by atoms with E-state index in [1.807, 2.05) is 25.1 Å². The molecule has 1 aliphatic carbocycles. The number of ether oxygens (including phenoxy) is 1. The zero-order valence-electron chi connectivity index (χ0n) is 12.6. The van der Waals surface area contributed by atoms with Crippen LogP contribution in [0.4, 0.5) is 0 Å². The molecule has 0 atom stereocenters. The first-order valence-corrected chi connectivity index (χ1v) is 7.66. The van der Waals surface area contributed by atoms with Gasteiger partial charge >= 0.3 is 0 Å². The van der Waals surface area contributed by atoms with Gasteiger partial charge < -0.3 is 10.1 Å². The molecule has 0 aromatic heterocycles. The van der Waals surface area contributed by atoms with Gasteiger partial charge in [0.05, 0.1) is 7.11 Å². The molecule has 1 saturated carbocycles. The molecule has 0 radical (unpaired) electrons. The van der Waals surface area contributed by atoms with Gasteiger partial charge in [0, 0.05) is 11.6 Å². The fourth-order valence-corrected chi connectivity index (χ4v) is 2.89. The molecule has 0 unspecified atom stereocenters. The average Bonchev–Trinajstić information content (AvgIpc) is 2.41. The summed E-state index contributed by atoms with van der Waals surface area (Å²) in [7, 11) is 1.65. The lowest BCUT2D eigenvalue weighted by Crippen LogP contribution is -2.35. The highest BCUT2D eigenvalue weighted by Crippen LogP contribution is 2.20. The molecule has 3 nitrogen and oxygen atoms in total. The lowest BCUT2D eigenvalue weighted by Gasteiger charge is -2.21. The maximum absolute atomic E-state index is 12.3. The van der Waals surface area contributed by atoms with Crippen LogP contribution in [0.3, 0.4) is 0 Å². The van der Waals surface area contributed by atoms with Crippen molar-refractivity contribution >= 4 is 5.91 Å². The number of amides is 1. The average molecular weight is 275 g/mol. The normalized spacial score (nSPS) is 17.1.